The predicted molar refractivity (Wildman–Crippen MR) is 74.7 cm³/mol. The minimum Gasteiger partial charge on any atom is -0.384 e. The Labute approximate surface area is 117 Å². The molecule has 1 rings (SSSR count). The van der Waals surface area contributed by atoms with Crippen LogP contribution in [0.2, 0.25) is 0 Å². The van der Waals surface area contributed by atoms with Gasteiger partial charge in [0.2, 0.25) is 5.91 Å². The summed E-state index contributed by atoms with van der Waals surface area (Å²) in [7, 11) is 1.59. The number of ether oxygens (including phenoxy) is 1. The first-order valence-corrected chi connectivity index (χ1v) is 6.28. The Balaban J connectivity index is 2.73. The molecule has 1 aromatic carbocycles. The monoisotopic (exact) mass is 279 g/mol. The van der Waals surface area contributed by atoms with Crippen molar-refractivity contribution in [3.63, 3.8) is 0 Å². The van der Waals surface area contributed by atoms with Gasteiger partial charge < -0.3 is 15.2 Å². The molecule has 0 heterocycles. The summed E-state index contributed by atoms with van der Waals surface area (Å²) < 4.78 is 18.2. The van der Waals surface area contributed by atoms with E-state index in [1.807, 2.05) is 6.92 Å². The van der Waals surface area contributed by atoms with Crippen LogP contribution in [0.3, 0.4) is 0 Å². The number of nitrogens with one attached hydrogen (secondary N) is 1. The highest BCUT2D eigenvalue weighted by atomic mass is 19.1. The van der Waals surface area contributed by atoms with Crippen molar-refractivity contribution in [1.29, 1.82) is 0 Å². The van der Waals surface area contributed by atoms with Gasteiger partial charge in [-0.15, -0.1) is 0 Å². The van der Waals surface area contributed by atoms with Crippen LogP contribution >= 0.6 is 0 Å². The lowest BCUT2D eigenvalue weighted by molar-refractivity contribution is -0.116. The fourth-order valence-electron chi connectivity index (χ4n) is 1.53. The number of rotatable bonds is 5. The maximum absolute atomic E-state index is 13.2. The van der Waals surface area contributed by atoms with Gasteiger partial charge in [-0.2, -0.15) is 0 Å². The number of aliphatic hydroxyl groups excluding tert-OH is 1. The van der Waals surface area contributed by atoms with E-state index in [1.165, 1.54) is 18.2 Å². The molecule has 4 nitrogen and oxygen atoms in total. The third kappa shape index (κ3) is 5.39. The number of carbonyl (C=O) groups excluding carboxylic acids is 1. The number of methoxy groups -OCH3 is 1. The summed E-state index contributed by atoms with van der Waals surface area (Å²) in [5.41, 5.74) is 0.773. The zero-order valence-electron chi connectivity index (χ0n) is 11.6. The van der Waals surface area contributed by atoms with Crippen LogP contribution in [0.15, 0.2) is 18.2 Å². The topological polar surface area (TPSA) is 58.6 Å². The summed E-state index contributed by atoms with van der Waals surface area (Å²) in [5.74, 6) is 4.40. The van der Waals surface area contributed by atoms with Crippen LogP contribution in [0.5, 0.6) is 0 Å². The Kier molecular flexibility index (Phi) is 6.71. The van der Waals surface area contributed by atoms with Gasteiger partial charge in [0, 0.05) is 13.5 Å². The second kappa shape index (κ2) is 8.31. The van der Waals surface area contributed by atoms with Crippen molar-refractivity contribution < 1.29 is 19.0 Å². The molecular weight excluding hydrogens is 261 g/mol. The molecule has 108 valence electrons. The number of aliphatic hydroxyl groups is 1. The highest BCUT2D eigenvalue weighted by Crippen LogP contribution is 2.16. The summed E-state index contributed by atoms with van der Waals surface area (Å²) >= 11 is 0. The molecule has 0 aliphatic carbocycles. The van der Waals surface area contributed by atoms with Crippen LogP contribution in [0.25, 0.3) is 0 Å². The Morgan fingerprint density at radius 1 is 1.55 bits per heavy atom. The van der Waals surface area contributed by atoms with Gasteiger partial charge in [0.15, 0.2) is 0 Å². The van der Waals surface area contributed by atoms with Gasteiger partial charge in [-0.25, -0.2) is 4.39 Å². The van der Waals surface area contributed by atoms with Crippen LogP contribution in [-0.2, 0) is 9.53 Å². The van der Waals surface area contributed by atoms with E-state index in [-0.39, 0.29) is 18.6 Å². The van der Waals surface area contributed by atoms with Gasteiger partial charge >= 0.3 is 0 Å². The maximum atomic E-state index is 13.2. The number of benzene rings is 1. The molecule has 0 bridgehead atoms. The molecular formula is C15H18FNO3. The Morgan fingerprint density at radius 3 is 2.95 bits per heavy atom. The van der Waals surface area contributed by atoms with Gasteiger partial charge in [0.1, 0.15) is 12.4 Å². The van der Waals surface area contributed by atoms with E-state index in [1.54, 1.807) is 7.11 Å². The summed E-state index contributed by atoms with van der Waals surface area (Å²) in [4.78, 5) is 11.8. The summed E-state index contributed by atoms with van der Waals surface area (Å²) in [6.07, 6.45) is 0.906. The summed E-state index contributed by atoms with van der Waals surface area (Å²) in [6.45, 7) is 1.55. The SMILES string of the molecule is COC(C)CCC(=O)Nc1ccc(F)cc1C#CCO. The molecule has 1 amide bonds. The second-order valence-corrected chi connectivity index (χ2v) is 4.28. The van der Waals surface area contributed by atoms with Gasteiger partial charge in [0.05, 0.1) is 17.4 Å². The van der Waals surface area contributed by atoms with Gasteiger partial charge in [-0.05, 0) is 31.5 Å². The van der Waals surface area contributed by atoms with E-state index in [4.69, 9.17) is 9.84 Å². The average Bonchev–Trinajstić information content (AvgIpc) is 2.44. The van der Waals surface area contributed by atoms with Gasteiger partial charge in [-0.3, -0.25) is 4.79 Å². The normalized spacial score (nSPS) is 11.4. The summed E-state index contributed by atoms with van der Waals surface area (Å²) in [5, 5.41) is 11.4. The lowest BCUT2D eigenvalue weighted by Crippen LogP contribution is -2.15. The quantitative estimate of drug-likeness (QED) is 0.810. The third-order valence-electron chi connectivity index (χ3n) is 2.74. The first-order valence-electron chi connectivity index (χ1n) is 6.28. The third-order valence-corrected chi connectivity index (χ3v) is 2.74. The van der Waals surface area contributed by atoms with Crippen molar-refractivity contribution in [1.82, 2.24) is 0 Å². The Morgan fingerprint density at radius 2 is 2.30 bits per heavy atom. The lowest BCUT2D eigenvalue weighted by atomic mass is 10.1. The van der Waals surface area contributed by atoms with Crippen LogP contribution in [-0.4, -0.2) is 30.8 Å². The van der Waals surface area contributed by atoms with Crippen molar-refractivity contribution in [2.75, 3.05) is 19.0 Å². The van der Waals surface area contributed by atoms with Gasteiger partial charge in [0.25, 0.3) is 0 Å². The number of anilines is 1. The van der Waals surface area contributed by atoms with E-state index in [9.17, 15) is 9.18 Å². The zero-order valence-corrected chi connectivity index (χ0v) is 11.6. The average molecular weight is 279 g/mol. The molecule has 20 heavy (non-hydrogen) atoms. The van der Waals surface area contributed by atoms with Crippen molar-refractivity contribution >= 4 is 11.6 Å². The smallest absolute Gasteiger partial charge is 0.224 e. The number of hydrogen-bond acceptors (Lipinski definition) is 3. The number of hydrogen-bond donors (Lipinski definition) is 2. The van der Waals surface area contributed by atoms with E-state index in [0.29, 0.717) is 24.1 Å². The highest BCUT2D eigenvalue weighted by Gasteiger charge is 2.09. The molecule has 2 N–H and O–H groups in total. The van der Waals surface area contributed by atoms with E-state index in [0.717, 1.165) is 0 Å². The molecule has 1 unspecified atom stereocenters. The van der Waals surface area contributed by atoms with E-state index in [2.05, 4.69) is 17.2 Å². The molecule has 1 aromatic rings. The van der Waals surface area contributed by atoms with Crippen molar-refractivity contribution in [3.05, 3.63) is 29.6 Å². The van der Waals surface area contributed by atoms with Crippen LogP contribution in [0.1, 0.15) is 25.3 Å². The molecule has 0 fully saturated rings. The number of halogens is 1. The number of amides is 1. The highest BCUT2D eigenvalue weighted by molar-refractivity contribution is 5.92. The first-order chi connectivity index (χ1) is 9.56. The Hall–Kier alpha value is -1.90. The first kappa shape index (κ1) is 16.2. The van der Waals surface area contributed by atoms with Crippen LogP contribution in [0, 0.1) is 17.7 Å². The van der Waals surface area contributed by atoms with Gasteiger partial charge in [-0.1, -0.05) is 11.8 Å². The largest absolute Gasteiger partial charge is 0.384 e. The van der Waals surface area contributed by atoms with E-state index < -0.39 is 5.82 Å². The predicted octanol–water partition coefficient (Wildman–Crippen LogP) is 1.92. The maximum Gasteiger partial charge on any atom is 0.224 e. The van der Waals surface area contributed by atoms with Crippen LogP contribution < -0.4 is 5.32 Å². The molecule has 0 saturated heterocycles. The zero-order chi connectivity index (χ0) is 15.0. The molecule has 0 saturated carbocycles. The van der Waals surface area contributed by atoms with Crippen LogP contribution in [0.4, 0.5) is 10.1 Å². The fraction of sp³-hybridized carbons (Fsp3) is 0.400. The summed E-state index contributed by atoms with van der Waals surface area (Å²) in [6, 6.07) is 3.92. The fourth-order valence-corrected chi connectivity index (χ4v) is 1.53. The molecule has 0 spiro atoms. The molecule has 0 aromatic heterocycles. The van der Waals surface area contributed by atoms with E-state index >= 15 is 0 Å². The molecule has 1 atom stereocenters. The molecule has 0 aliphatic rings. The molecule has 0 aliphatic heterocycles. The van der Waals surface area contributed by atoms with Crippen molar-refractivity contribution in [2.45, 2.75) is 25.9 Å². The van der Waals surface area contributed by atoms with Crippen molar-refractivity contribution in [3.8, 4) is 11.8 Å². The Bertz CT molecular complexity index is 520. The minimum atomic E-state index is -0.446. The second-order valence-electron chi connectivity index (χ2n) is 4.28. The van der Waals surface area contributed by atoms with Crippen molar-refractivity contribution in [2.24, 2.45) is 0 Å². The molecule has 5 heteroatoms. The molecule has 0 radical (unpaired) electrons. The lowest BCUT2D eigenvalue weighted by Gasteiger charge is -2.10. The minimum absolute atomic E-state index is 0.00242. The number of carbonyl (C=O) groups is 1. The standard InChI is InChI=1S/C15H18FNO3/c1-11(20-2)5-8-15(19)17-14-7-6-13(16)10-12(14)4-3-9-18/h6-7,10-11,18H,5,8-9H2,1-2H3,(H,17,19).